The highest BCUT2D eigenvalue weighted by Gasteiger charge is 2.12. The van der Waals surface area contributed by atoms with Crippen LogP contribution in [-0.4, -0.2) is 22.2 Å². The number of rotatable bonds is 5. The Balaban J connectivity index is 1.62. The zero-order valence-corrected chi connectivity index (χ0v) is 13.5. The van der Waals surface area contributed by atoms with Crippen molar-refractivity contribution in [3.63, 3.8) is 0 Å². The minimum Gasteiger partial charge on any atom is -0.386 e. The smallest absolute Gasteiger partial charge is 0.319 e. The summed E-state index contributed by atoms with van der Waals surface area (Å²) in [5, 5.41) is 16.8. The Kier molecular flexibility index (Phi) is 4.93. The molecule has 7 heteroatoms. The molecule has 0 bridgehead atoms. The van der Waals surface area contributed by atoms with Crippen LogP contribution in [0.4, 0.5) is 14.9 Å². The van der Waals surface area contributed by atoms with Crippen LogP contribution in [0.5, 0.6) is 0 Å². The van der Waals surface area contributed by atoms with Crippen LogP contribution in [0.1, 0.15) is 11.0 Å². The van der Waals surface area contributed by atoms with Crippen LogP contribution in [0.2, 0.25) is 0 Å². The summed E-state index contributed by atoms with van der Waals surface area (Å²) in [5.74, 6) is -0.528. The van der Waals surface area contributed by atoms with Gasteiger partial charge in [0.1, 0.15) is 11.9 Å². The molecule has 1 atom stereocenters. The van der Waals surface area contributed by atoms with Crippen LogP contribution < -0.4 is 10.6 Å². The van der Waals surface area contributed by atoms with Crippen LogP contribution in [0.25, 0.3) is 5.69 Å². The van der Waals surface area contributed by atoms with Gasteiger partial charge in [0, 0.05) is 23.0 Å². The Bertz CT molecular complexity index is 803. The van der Waals surface area contributed by atoms with E-state index in [1.54, 1.807) is 18.2 Å². The molecule has 5 nitrogen and oxygen atoms in total. The topological polar surface area (TPSA) is 66.3 Å². The molecule has 124 valence electrons. The number of benzene rings is 1. The number of thiophene rings is 1. The van der Waals surface area contributed by atoms with Crippen molar-refractivity contribution in [2.24, 2.45) is 0 Å². The zero-order valence-electron chi connectivity index (χ0n) is 12.6. The van der Waals surface area contributed by atoms with Gasteiger partial charge in [0.2, 0.25) is 0 Å². The number of aromatic nitrogens is 1. The molecule has 0 unspecified atom stereocenters. The van der Waals surface area contributed by atoms with E-state index < -0.39 is 18.0 Å². The minimum absolute atomic E-state index is 0.0469. The molecule has 3 rings (SSSR count). The summed E-state index contributed by atoms with van der Waals surface area (Å²) in [6, 6.07) is 11.2. The summed E-state index contributed by atoms with van der Waals surface area (Å²) in [7, 11) is 0. The Hall–Kier alpha value is -2.64. The number of nitrogens with zero attached hydrogens (tertiary/aromatic N) is 1. The van der Waals surface area contributed by atoms with E-state index in [0.717, 1.165) is 10.6 Å². The van der Waals surface area contributed by atoms with Gasteiger partial charge in [-0.15, -0.1) is 11.3 Å². The third-order valence-electron chi connectivity index (χ3n) is 3.43. The quantitative estimate of drug-likeness (QED) is 0.662. The first-order chi connectivity index (χ1) is 11.6. The van der Waals surface area contributed by atoms with Crippen LogP contribution in [0.3, 0.4) is 0 Å². The minimum atomic E-state index is -0.785. The first-order valence-corrected chi connectivity index (χ1v) is 8.20. The number of hydrogen-bond donors (Lipinski definition) is 3. The predicted octanol–water partition coefficient (Wildman–Crippen LogP) is 3.53. The van der Waals surface area contributed by atoms with Gasteiger partial charge in [0.05, 0.1) is 12.2 Å². The monoisotopic (exact) mass is 345 g/mol. The lowest BCUT2D eigenvalue weighted by atomic mass is 10.2. The molecule has 0 radical (unpaired) electrons. The third kappa shape index (κ3) is 3.81. The first-order valence-electron chi connectivity index (χ1n) is 7.32. The van der Waals surface area contributed by atoms with Crippen molar-refractivity contribution in [1.29, 1.82) is 0 Å². The van der Waals surface area contributed by atoms with Crippen molar-refractivity contribution in [3.05, 3.63) is 70.9 Å². The van der Waals surface area contributed by atoms with E-state index in [-0.39, 0.29) is 12.2 Å². The molecular formula is C17H16FN3O2S. The average Bonchev–Trinajstić information content (AvgIpc) is 3.28. The molecule has 3 N–H and O–H groups in total. The van der Waals surface area contributed by atoms with Crippen LogP contribution >= 0.6 is 11.3 Å². The van der Waals surface area contributed by atoms with Gasteiger partial charge in [0.25, 0.3) is 0 Å². The lowest BCUT2D eigenvalue weighted by Crippen LogP contribution is -2.32. The van der Waals surface area contributed by atoms with Gasteiger partial charge in [-0.25, -0.2) is 9.18 Å². The summed E-state index contributed by atoms with van der Waals surface area (Å²) in [5.41, 5.74) is 0.805. The second-order valence-corrected chi connectivity index (χ2v) is 6.10. The predicted molar refractivity (Wildman–Crippen MR) is 92.0 cm³/mol. The number of anilines is 1. The third-order valence-corrected chi connectivity index (χ3v) is 4.40. The molecule has 0 fully saturated rings. The van der Waals surface area contributed by atoms with Gasteiger partial charge >= 0.3 is 6.03 Å². The molecule has 3 aromatic rings. The number of aliphatic hydroxyl groups is 1. The molecule has 2 aromatic heterocycles. The first kappa shape index (κ1) is 16.2. The standard InChI is InChI=1S/C17H16FN3O2S/c18-13-6-5-12(21-7-1-2-8-21)10-14(13)20-17(23)19-11-15(22)16-4-3-9-24-16/h1-10,15,22H,11H2,(H2,19,20,23)/t15-/m1/s1. The number of hydrogen-bond acceptors (Lipinski definition) is 3. The van der Waals surface area contributed by atoms with E-state index >= 15 is 0 Å². The fourth-order valence-corrected chi connectivity index (χ4v) is 2.93. The Morgan fingerprint density at radius 3 is 2.75 bits per heavy atom. The number of nitrogens with one attached hydrogen (secondary N) is 2. The van der Waals surface area contributed by atoms with E-state index in [9.17, 15) is 14.3 Å². The van der Waals surface area contributed by atoms with Gasteiger partial charge in [-0.05, 0) is 41.8 Å². The Labute approximate surface area is 142 Å². The molecule has 2 amide bonds. The fourth-order valence-electron chi connectivity index (χ4n) is 2.21. The normalized spacial score (nSPS) is 11.9. The largest absolute Gasteiger partial charge is 0.386 e. The van der Waals surface area contributed by atoms with Crippen LogP contribution in [0.15, 0.2) is 60.2 Å². The fraction of sp³-hybridized carbons (Fsp3) is 0.118. The summed E-state index contributed by atoms with van der Waals surface area (Å²) >= 11 is 1.41. The summed E-state index contributed by atoms with van der Waals surface area (Å²) in [6.07, 6.45) is 2.87. The van der Waals surface area contributed by atoms with E-state index in [2.05, 4.69) is 10.6 Å². The summed E-state index contributed by atoms with van der Waals surface area (Å²) in [6.45, 7) is 0.0469. The summed E-state index contributed by atoms with van der Waals surface area (Å²) < 4.78 is 15.7. The highest BCUT2D eigenvalue weighted by molar-refractivity contribution is 7.10. The molecule has 0 saturated heterocycles. The molecule has 0 saturated carbocycles. The molecule has 1 aromatic carbocycles. The molecule has 24 heavy (non-hydrogen) atoms. The van der Waals surface area contributed by atoms with Gasteiger partial charge < -0.3 is 20.3 Å². The molecule has 0 aliphatic carbocycles. The highest BCUT2D eigenvalue weighted by atomic mass is 32.1. The molecule has 0 aliphatic rings. The molecule has 0 aliphatic heterocycles. The number of carbonyl (C=O) groups is 1. The van der Waals surface area contributed by atoms with Gasteiger partial charge in [0.15, 0.2) is 0 Å². The molecular weight excluding hydrogens is 329 g/mol. The van der Waals surface area contributed by atoms with Crippen molar-refractivity contribution in [3.8, 4) is 5.69 Å². The molecule has 2 heterocycles. The van der Waals surface area contributed by atoms with Crippen molar-refractivity contribution in [2.75, 3.05) is 11.9 Å². The lowest BCUT2D eigenvalue weighted by Gasteiger charge is -2.13. The van der Waals surface area contributed by atoms with Gasteiger partial charge in [-0.3, -0.25) is 0 Å². The zero-order chi connectivity index (χ0) is 16.9. The van der Waals surface area contributed by atoms with E-state index in [1.807, 2.05) is 40.5 Å². The van der Waals surface area contributed by atoms with Crippen molar-refractivity contribution < 1.29 is 14.3 Å². The van der Waals surface area contributed by atoms with Crippen LogP contribution in [-0.2, 0) is 0 Å². The van der Waals surface area contributed by atoms with Gasteiger partial charge in [-0.1, -0.05) is 6.07 Å². The van der Waals surface area contributed by atoms with Crippen molar-refractivity contribution >= 4 is 23.1 Å². The average molecular weight is 345 g/mol. The van der Waals surface area contributed by atoms with Crippen LogP contribution in [0, 0.1) is 5.82 Å². The second kappa shape index (κ2) is 7.29. The maximum atomic E-state index is 13.9. The number of amides is 2. The Morgan fingerprint density at radius 2 is 2.04 bits per heavy atom. The van der Waals surface area contributed by atoms with Gasteiger partial charge in [-0.2, -0.15) is 0 Å². The number of carbonyl (C=O) groups excluding carboxylic acids is 1. The number of urea groups is 1. The SMILES string of the molecule is O=C(NC[C@@H](O)c1cccs1)Nc1cc(-n2cccc2)ccc1F. The number of halogens is 1. The van der Waals surface area contributed by atoms with E-state index in [1.165, 1.54) is 17.4 Å². The van der Waals surface area contributed by atoms with E-state index in [0.29, 0.717) is 0 Å². The lowest BCUT2D eigenvalue weighted by molar-refractivity contribution is 0.178. The molecule has 0 spiro atoms. The van der Waals surface area contributed by atoms with Crippen molar-refractivity contribution in [2.45, 2.75) is 6.10 Å². The highest BCUT2D eigenvalue weighted by Crippen LogP contribution is 2.20. The Morgan fingerprint density at radius 1 is 1.25 bits per heavy atom. The number of aliphatic hydroxyl groups excluding tert-OH is 1. The second-order valence-electron chi connectivity index (χ2n) is 5.12. The van der Waals surface area contributed by atoms with Crippen molar-refractivity contribution in [1.82, 2.24) is 9.88 Å². The maximum Gasteiger partial charge on any atom is 0.319 e. The summed E-state index contributed by atoms with van der Waals surface area (Å²) in [4.78, 5) is 12.7. The van der Waals surface area contributed by atoms with E-state index in [4.69, 9.17) is 0 Å². The maximum absolute atomic E-state index is 13.9.